The summed E-state index contributed by atoms with van der Waals surface area (Å²) in [5.41, 5.74) is 4.21. The van der Waals surface area contributed by atoms with Gasteiger partial charge < -0.3 is 10.8 Å². The second kappa shape index (κ2) is 4.46. The lowest BCUT2D eigenvalue weighted by molar-refractivity contribution is -0.139. The van der Waals surface area contributed by atoms with Gasteiger partial charge >= 0.3 is 6.18 Å². The zero-order valence-corrected chi connectivity index (χ0v) is 9.93. The predicted octanol–water partition coefficient (Wildman–Crippen LogP) is 3.18. The van der Waals surface area contributed by atoms with Crippen molar-refractivity contribution in [1.82, 2.24) is 0 Å². The second-order valence-corrected chi connectivity index (χ2v) is 4.89. The van der Waals surface area contributed by atoms with E-state index in [0.717, 1.165) is 18.9 Å². The van der Waals surface area contributed by atoms with Crippen molar-refractivity contribution in [3.63, 3.8) is 0 Å². The zero-order chi connectivity index (χ0) is 13.4. The molecular formula is C13H16F3NO. The van der Waals surface area contributed by atoms with Gasteiger partial charge in [0.15, 0.2) is 0 Å². The van der Waals surface area contributed by atoms with Crippen LogP contribution in [0, 0.1) is 0 Å². The first-order valence-corrected chi connectivity index (χ1v) is 6.00. The molecule has 2 rings (SSSR count). The highest BCUT2D eigenvalue weighted by Gasteiger charge is 2.44. The standard InChI is InChI=1S/C13H16F3NO/c14-13(15,16)9-4-3-5-10(18)11(9)12(8-17)6-1-2-7-12/h3-5,18H,1-2,6-8,17H2. The highest BCUT2D eigenvalue weighted by Crippen LogP contribution is 2.48. The van der Waals surface area contributed by atoms with E-state index in [9.17, 15) is 18.3 Å². The van der Waals surface area contributed by atoms with Gasteiger partial charge in [0, 0.05) is 17.5 Å². The molecule has 100 valence electrons. The van der Waals surface area contributed by atoms with Crippen LogP contribution in [0.2, 0.25) is 0 Å². The minimum absolute atomic E-state index is 0.0162. The first-order chi connectivity index (χ1) is 8.41. The number of benzene rings is 1. The molecule has 0 saturated heterocycles. The molecule has 0 spiro atoms. The van der Waals surface area contributed by atoms with E-state index in [1.54, 1.807) is 0 Å². The Bertz CT molecular complexity index is 436. The summed E-state index contributed by atoms with van der Waals surface area (Å²) >= 11 is 0. The minimum atomic E-state index is -4.46. The van der Waals surface area contributed by atoms with E-state index in [-0.39, 0.29) is 17.9 Å². The summed E-state index contributed by atoms with van der Waals surface area (Å²) in [6, 6.07) is 3.55. The van der Waals surface area contributed by atoms with Crippen LogP contribution in [-0.2, 0) is 11.6 Å². The van der Waals surface area contributed by atoms with Crippen LogP contribution in [0.5, 0.6) is 5.75 Å². The third-order valence-electron chi connectivity index (χ3n) is 3.83. The van der Waals surface area contributed by atoms with E-state index in [2.05, 4.69) is 0 Å². The number of nitrogens with two attached hydrogens (primary N) is 1. The number of rotatable bonds is 2. The van der Waals surface area contributed by atoms with E-state index >= 15 is 0 Å². The molecule has 0 heterocycles. The van der Waals surface area contributed by atoms with Crippen LogP contribution in [0.3, 0.4) is 0 Å². The summed E-state index contributed by atoms with van der Waals surface area (Å²) in [6.45, 7) is 0.133. The highest BCUT2D eigenvalue weighted by molar-refractivity contribution is 5.47. The van der Waals surface area contributed by atoms with Gasteiger partial charge in [0.1, 0.15) is 5.75 Å². The highest BCUT2D eigenvalue weighted by atomic mass is 19.4. The molecule has 0 amide bonds. The maximum Gasteiger partial charge on any atom is 0.416 e. The van der Waals surface area contributed by atoms with Crippen LogP contribution in [-0.4, -0.2) is 11.7 Å². The molecule has 0 atom stereocenters. The zero-order valence-electron chi connectivity index (χ0n) is 9.93. The van der Waals surface area contributed by atoms with Crippen LogP contribution < -0.4 is 5.73 Å². The van der Waals surface area contributed by atoms with Crippen LogP contribution in [0.1, 0.15) is 36.8 Å². The van der Waals surface area contributed by atoms with Gasteiger partial charge in [-0.2, -0.15) is 13.2 Å². The predicted molar refractivity (Wildman–Crippen MR) is 62.3 cm³/mol. The smallest absolute Gasteiger partial charge is 0.416 e. The Hall–Kier alpha value is -1.23. The Morgan fingerprint density at radius 2 is 1.83 bits per heavy atom. The topological polar surface area (TPSA) is 46.2 Å². The maximum atomic E-state index is 13.0. The third-order valence-corrected chi connectivity index (χ3v) is 3.83. The monoisotopic (exact) mass is 259 g/mol. The van der Waals surface area contributed by atoms with Gasteiger partial charge in [-0.05, 0) is 25.0 Å². The van der Waals surface area contributed by atoms with Crippen molar-refractivity contribution in [2.45, 2.75) is 37.3 Å². The fraction of sp³-hybridized carbons (Fsp3) is 0.538. The molecule has 0 radical (unpaired) electrons. The number of alkyl halides is 3. The molecule has 5 heteroatoms. The Kier molecular flexibility index (Phi) is 3.27. The Morgan fingerprint density at radius 3 is 2.33 bits per heavy atom. The lowest BCUT2D eigenvalue weighted by atomic mass is 9.76. The third kappa shape index (κ3) is 2.07. The number of aromatic hydroxyl groups is 1. The SMILES string of the molecule is NCC1(c2c(O)cccc2C(F)(F)F)CCCC1. The molecule has 0 bridgehead atoms. The van der Waals surface area contributed by atoms with Gasteiger partial charge in [0.25, 0.3) is 0 Å². The molecule has 0 aliphatic heterocycles. The molecule has 1 aliphatic carbocycles. The van der Waals surface area contributed by atoms with Crippen molar-refractivity contribution in [3.8, 4) is 5.75 Å². The molecule has 1 fully saturated rings. The van der Waals surface area contributed by atoms with Crippen LogP contribution >= 0.6 is 0 Å². The summed E-state index contributed by atoms with van der Waals surface area (Å²) < 4.78 is 39.1. The Balaban J connectivity index is 2.62. The molecule has 3 N–H and O–H groups in total. The van der Waals surface area contributed by atoms with Crippen LogP contribution in [0.15, 0.2) is 18.2 Å². The maximum absolute atomic E-state index is 13.0. The molecule has 1 saturated carbocycles. The van der Waals surface area contributed by atoms with Crippen molar-refractivity contribution < 1.29 is 18.3 Å². The number of hydrogen-bond donors (Lipinski definition) is 2. The van der Waals surface area contributed by atoms with Gasteiger partial charge in [-0.15, -0.1) is 0 Å². The Morgan fingerprint density at radius 1 is 1.22 bits per heavy atom. The van der Waals surface area contributed by atoms with Crippen LogP contribution in [0.4, 0.5) is 13.2 Å². The minimum Gasteiger partial charge on any atom is -0.508 e. The fourth-order valence-electron chi connectivity index (χ4n) is 2.94. The molecule has 1 aromatic rings. The van der Waals surface area contributed by atoms with Gasteiger partial charge in [-0.3, -0.25) is 0 Å². The largest absolute Gasteiger partial charge is 0.508 e. The Labute approximate surface area is 104 Å². The summed E-state index contributed by atoms with van der Waals surface area (Å²) in [5, 5.41) is 9.86. The quantitative estimate of drug-likeness (QED) is 0.856. The number of phenolic OH excluding ortho intramolecular Hbond substituents is 1. The van der Waals surface area contributed by atoms with Gasteiger partial charge in [-0.1, -0.05) is 18.9 Å². The first-order valence-electron chi connectivity index (χ1n) is 6.00. The van der Waals surface area contributed by atoms with E-state index in [4.69, 9.17) is 5.73 Å². The van der Waals surface area contributed by atoms with E-state index in [1.165, 1.54) is 12.1 Å². The average Bonchev–Trinajstić information content (AvgIpc) is 2.77. The molecule has 2 nitrogen and oxygen atoms in total. The summed E-state index contributed by atoms with van der Waals surface area (Å²) in [4.78, 5) is 0. The van der Waals surface area contributed by atoms with Crippen molar-refractivity contribution in [3.05, 3.63) is 29.3 Å². The lowest BCUT2D eigenvalue weighted by Gasteiger charge is -2.31. The number of phenols is 1. The summed E-state index contributed by atoms with van der Waals surface area (Å²) in [7, 11) is 0. The summed E-state index contributed by atoms with van der Waals surface area (Å²) in [5.74, 6) is -0.294. The normalized spacial score (nSPS) is 19.1. The molecule has 1 aromatic carbocycles. The van der Waals surface area contributed by atoms with Crippen molar-refractivity contribution >= 4 is 0 Å². The van der Waals surface area contributed by atoms with E-state index in [1.807, 2.05) is 0 Å². The van der Waals surface area contributed by atoms with E-state index < -0.39 is 17.2 Å². The van der Waals surface area contributed by atoms with Crippen molar-refractivity contribution in [2.75, 3.05) is 6.54 Å². The van der Waals surface area contributed by atoms with Gasteiger partial charge in [0.05, 0.1) is 5.56 Å². The molecule has 18 heavy (non-hydrogen) atoms. The van der Waals surface area contributed by atoms with Crippen LogP contribution in [0.25, 0.3) is 0 Å². The molecular weight excluding hydrogens is 243 g/mol. The van der Waals surface area contributed by atoms with Crippen molar-refractivity contribution in [1.29, 1.82) is 0 Å². The molecule has 0 unspecified atom stereocenters. The number of halogens is 3. The molecule has 0 aromatic heterocycles. The lowest BCUT2D eigenvalue weighted by Crippen LogP contribution is -2.34. The molecule has 1 aliphatic rings. The second-order valence-electron chi connectivity index (χ2n) is 4.89. The van der Waals surface area contributed by atoms with Gasteiger partial charge in [0.2, 0.25) is 0 Å². The fourth-order valence-corrected chi connectivity index (χ4v) is 2.94. The van der Waals surface area contributed by atoms with E-state index in [0.29, 0.717) is 12.8 Å². The van der Waals surface area contributed by atoms with Gasteiger partial charge in [-0.25, -0.2) is 0 Å². The van der Waals surface area contributed by atoms with Crippen molar-refractivity contribution in [2.24, 2.45) is 5.73 Å². The average molecular weight is 259 g/mol. The number of hydrogen-bond acceptors (Lipinski definition) is 2. The first kappa shape index (κ1) is 13.2. The summed E-state index contributed by atoms with van der Waals surface area (Å²) in [6.07, 6.45) is -1.56.